The minimum absolute atomic E-state index is 0.114. The smallest absolute Gasteiger partial charge is 0.359 e. The molecular formula is C9H8FN3O4S. The average molecular weight is 273 g/mol. The van der Waals surface area contributed by atoms with E-state index in [0.717, 1.165) is 19.4 Å². The van der Waals surface area contributed by atoms with Gasteiger partial charge in [0.1, 0.15) is 4.90 Å². The summed E-state index contributed by atoms with van der Waals surface area (Å²) in [6.45, 7) is 0. The summed E-state index contributed by atoms with van der Waals surface area (Å²) >= 11 is 0. The van der Waals surface area contributed by atoms with Gasteiger partial charge in [-0.3, -0.25) is 0 Å². The Balaban J connectivity index is 2.78. The van der Waals surface area contributed by atoms with Crippen molar-refractivity contribution in [2.75, 3.05) is 7.11 Å². The predicted octanol–water partition coefficient (Wildman–Crippen LogP) is 0.413. The van der Waals surface area contributed by atoms with E-state index >= 15 is 0 Å². The fourth-order valence-electron chi connectivity index (χ4n) is 1.50. The van der Waals surface area contributed by atoms with Crippen LogP contribution >= 0.6 is 0 Å². The van der Waals surface area contributed by atoms with Gasteiger partial charge in [-0.25, -0.2) is 14.5 Å². The molecule has 0 N–H and O–H groups in total. The summed E-state index contributed by atoms with van der Waals surface area (Å²) in [4.78, 5) is 14.6. The number of ether oxygens (including phenoxy) is 1. The third-order valence-electron chi connectivity index (χ3n) is 2.31. The predicted molar refractivity (Wildman–Crippen MR) is 58.1 cm³/mol. The Bertz CT molecular complexity index is 738. The third kappa shape index (κ3) is 1.92. The first-order valence-corrected chi connectivity index (χ1v) is 6.08. The quantitative estimate of drug-likeness (QED) is 0.581. The molecule has 0 radical (unpaired) electrons. The maximum atomic E-state index is 12.9. The summed E-state index contributed by atoms with van der Waals surface area (Å²) in [5, 5.41) is 3.96. The highest BCUT2D eigenvalue weighted by Crippen LogP contribution is 2.21. The Morgan fingerprint density at radius 1 is 1.50 bits per heavy atom. The van der Waals surface area contributed by atoms with E-state index in [-0.39, 0.29) is 16.7 Å². The van der Waals surface area contributed by atoms with Gasteiger partial charge in [0.15, 0.2) is 11.3 Å². The lowest BCUT2D eigenvalue weighted by Gasteiger charge is -1.97. The van der Waals surface area contributed by atoms with Crippen LogP contribution in [0.15, 0.2) is 17.2 Å². The number of fused-ring (bicyclic) bond motifs is 1. The molecule has 2 heterocycles. The van der Waals surface area contributed by atoms with E-state index in [1.54, 1.807) is 0 Å². The number of pyridine rings is 1. The summed E-state index contributed by atoms with van der Waals surface area (Å²) < 4.78 is 40.2. The molecule has 0 atom stereocenters. The topological polar surface area (TPSA) is 91.2 Å². The summed E-state index contributed by atoms with van der Waals surface area (Å²) in [6.07, 6.45) is 0.862. The number of hydrogen-bond acceptors (Lipinski definition) is 6. The number of nitrogens with zero attached hydrogens (tertiary/aromatic N) is 3. The highest BCUT2D eigenvalue weighted by atomic mass is 32.3. The van der Waals surface area contributed by atoms with E-state index in [1.165, 1.54) is 11.7 Å². The van der Waals surface area contributed by atoms with Crippen molar-refractivity contribution >= 4 is 27.2 Å². The Hall–Kier alpha value is -2.03. The number of methoxy groups -OCH3 is 1. The molecule has 0 aromatic carbocycles. The standard InChI is InChI=1S/C9H8FN3O4S/c1-13-8-6(7(12-13)9(14)17-2)3-5(4-11-8)18(10,15)16/h3-4H,1-2H3. The molecule has 0 fully saturated rings. The fourth-order valence-corrected chi connectivity index (χ4v) is 1.94. The van der Waals surface area contributed by atoms with Gasteiger partial charge in [0, 0.05) is 7.05 Å². The highest BCUT2D eigenvalue weighted by molar-refractivity contribution is 7.86. The second-order valence-electron chi connectivity index (χ2n) is 3.44. The van der Waals surface area contributed by atoms with E-state index in [1.807, 2.05) is 0 Å². The van der Waals surface area contributed by atoms with Crippen molar-refractivity contribution in [2.24, 2.45) is 7.05 Å². The van der Waals surface area contributed by atoms with Crippen LogP contribution in [0.2, 0.25) is 0 Å². The molecule has 2 rings (SSSR count). The zero-order chi connectivity index (χ0) is 13.5. The van der Waals surface area contributed by atoms with Crippen LogP contribution in [-0.4, -0.2) is 36.3 Å². The molecule has 0 saturated heterocycles. The van der Waals surface area contributed by atoms with Gasteiger partial charge in [-0.05, 0) is 6.07 Å². The Morgan fingerprint density at radius 2 is 2.17 bits per heavy atom. The Kier molecular flexibility index (Phi) is 2.77. The first kappa shape index (κ1) is 12.4. The minimum Gasteiger partial charge on any atom is -0.464 e. The van der Waals surface area contributed by atoms with Gasteiger partial charge in [-0.15, -0.1) is 3.89 Å². The van der Waals surface area contributed by atoms with Crippen LogP contribution in [0.3, 0.4) is 0 Å². The third-order valence-corrected chi connectivity index (χ3v) is 3.10. The number of esters is 1. The lowest BCUT2D eigenvalue weighted by molar-refractivity contribution is 0.0595. The van der Waals surface area contributed by atoms with Crippen molar-refractivity contribution in [2.45, 2.75) is 4.90 Å². The molecule has 0 amide bonds. The molecule has 9 heteroatoms. The van der Waals surface area contributed by atoms with Crippen molar-refractivity contribution in [1.29, 1.82) is 0 Å². The van der Waals surface area contributed by atoms with Gasteiger partial charge in [0.05, 0.1) is 18.7 Å². The number of aryl methyl sites for hydroxylation is 1. The number of aromatic nitrogens is 3. The maximum Gasteiger partial charge on any atom is 0.359 e. The van der Waals surface area contributed by atoms with Crippen LogP contribution in [0.25, 0.3) is 11.0 Å². The zero-order valence-electron chi connectivity index (χ0n) is 9.42. The molecule has 96 valence electrons. The second kappa shape index (κ2) is 4.02. The molecule has 0 aliphatic rings. The zero-order valence-corrected chi connectivity index (χ0v) is 10.2. The first-order valence-electron chi connectivity index (χ1n) is 4.70. The van der Waals surface area contributed by atoms with Gasteiger partial charge in [0.2, 0.25) is 0 Å². The molecule has 2 aromatic rings. The number of rotatable bonds is 2. The van der Waals surface area contributed by atoms with Gasteiger partial charge >= 0.3 is 16.2 Å². The normalized spacial score (nSPS) is 11.7. The molecule has 0 spiro atoms. The minimum atomic E-state index is -4.89. The van der Waals surface area contributed by atoms with Crippen molar-refractivity contribution < 1.29 is 21.8 Å². The van der Waals surface area contributed by atoms with Crippen LogP contribution in [0.5, 0.6) is 0 Å². The molecule has 0 aliphatic carbocycles. The van der Waals surface area contributed by atoms with Gasteiger partial charge in [0.25, 0.3) is 0 Å². The Morgan fingerprint density at radius 3 is 2.72 bits per heavy atom. The summed E-state index contributed by atoms with van der Waals surface area (Å²) in [7, 11) is -2.21. The molecule has 2 aromatic heterocycles. The van der Waals surface area contributed by atoms with Crippen molar-refractivity contribution in [3.05, 3.63) is 18.0 Å². The van der Waals surface area contributed by atoms with E-state index in [0.29, 0.717) is 0 Å². The molecular weight excluding hydrogens is 265 g/mol. The lowest BCUT2D eigenvalue weighted by atomic mass is 10.2. The average Bonchev–Trinajstić information content (AvgIpc) is 2.64. The molecule has 0 bridgehead atoms. The van der Waals surface area contributed by atoms with Gasteiger partial charge in [-0.2, -0.15) is 13.5 Å². The van der Waals surface area contributed by atoms with Gasteiger partial charge < -0.3 is 4.74 Å². The van der Waals surface area contributed by atoms with E-state index in [4.69, 9.17) is 0 Å². The monoisotopic (exact) mass is 273 g/mol. The van der Waals surface area contributed by atoms with E-state index < -0.39 is 21.1 Å². The van der Waals surface area contributed by atoms with E-state index in [2.05, 4.69) is 14.8 Å². The highest BCUT2D eigenvalue weighted by Gasteiger charge is 2.21. The fraction of sp³-hybridized carbons (Fsp3) is 0.222. The summed E-state index contributed by atoms with van der Waals surface area (Å²) in [6, 6.07) is 0.997. The van der Waals surface area contributed by atoms with Crippen molar-refractivity contribution in [1.82, 2.24) is 14.8 Å². The molecule has 7 nitrogen and oxygen atoms in total. The largest absolute Gasteiger partial charge is 0.464 e. The van der Waals surface area contributed by atoms with Crippen LogP contribution in [0.4, 0.5) is 3.89 Å². The maximum absolute atomic E-state index is 12.9. The number of carbonyl (C=O) groups excluding carboxylic acids is 1. The number of hydrogen-bond donors (Lipinski definition) is 0. The van der Waals surface area contributed by atoms with Gasteiger partial charge in [-0.1, -0.05) is 0 Å². The van der Waals surface area contributed by atoms with Crippen LogP contribution in [-0.2, 0) is 22.0 Å². The number of halogens is 1. The SMILES string of the molecule is COC(=O)c1nn(C)c2ncc(S(=O)(=O)F)cc12. The molecule has 0 unspecified atom stereocenters. The molecule has 18 heavy (non-hydrogen) atoms. The van der Waals surface area contributed by atoms with Crippen LogP contribution < -0.4 is 0 Å². The first-order chi connectivity index (χ1) is 8.34. The number of carbonyl (C=O) groups is 1. The molecule has 0 saturated carbocycles. The van der Waals surface area contributed by atoms with E-state index in [9.17, 15) is 17.1 Å². The van der Waals surface area contributed by atoms with Crippen molar-refractivity contribution in [3.8, 4) is 0 Å². The summed E-state index contributed by atoms with van der Waals surface area (Å²) in [5.74, 6) is -0.754. The van der Waals surface area contributed by atoms with Crippen LogP contribution in [0.1, 0.15) is 10.5 Å². The van der Waals surface area contributed by atoms with Crippen molar-refractivity contribution in [3.63, 3.8) is 0 Å². The second-order valence-corrected chi connectivity index (χ2v) is 4.79. The Labute approximate surface area is 101 Å². The van der Waals surface area contributed by atoms with Crippen LogP contribution in [0, 0.1) is 0 Å². The lowest BCUT2D eigenvalue weighted by Crippen LogP contribution is -2.03. The molecule has 0 aliphatic heterocycles. The summed E-state index contributed by atoms with van der Waals surface area (Å²) in [5.41, 5.74) is 0.135.